The average molecular weight is 465 g/mol. The molecular weight excluding hydrogens is 426 g/mol. The number of amides is 1. The minimum atomic E-state index is -0.0599. The molecule has 0 spiro atoms. The first-order valence-corrected chi connectivity index (χ1v) is 12.8. The molecule has 1 N–H and O–H groups in total. The van der Waals surface area contributed by atoms with Gasteiger partial charge in [-0.25, -0.2) is 0 Å². The molecule has 0 bridgehead atoms. The fraction of sp³-hybridized carbons (Fsp3) is 0.571. The van der Waals surface area contributed by atoms with E-state index in [1.54, 1.807) is 18.4 Å². The second kappa shape index (κ2) is 11.7. The molecule has 1 saturated carbocycles. The Labute approximate surface area is 203 Å². The largest absolute Gasteiger partial charge is 0.459 e. The van der Waals surface area contributed by atoms with Crippen LogP contribution in [0.1, 0.15) is 80.3 Å². The molecule has 2 fully saturated rings. The predicted octanol–water partition coefficient (Wildman–Crippen LogP) is 6.16. The number of piperidine rings is 1. The molecule has 1 saturated heterocycles. The highest BCUT2D eigenvalue weighted by atomic mass is 16.4. The van der Waals surface area contributed by atoms with Gasteiger partial charge >= 0.3 is 0 Å². The molecule has 1 aliphatic heterocycles. The number of furan rings is 1. The number of aryl methyl sites for hydroxylation is 1. The van der Waals surface area contributed by atoms with Crippen molar-refractivity contribution in [2.45, 2.75) is 77.2 Å². The van der Waals surface area contributed by atoms with Crippen LogP contribution in [0.5, 0.6) is 0 Å². The summed E-state index contributed by atoms with van der Waals surface area (Å²) in [7, 11) is 0. The highest BCUT2D eigenvalue weighted by molar-refractivity contribution is 6.04. The first-order chi connectivity index (χ1) is 16.6. The zero-order chi connectivity index (χ0) is 23.8. The fourth-order valence-electron chi connectivity index (χ4n) is 5.81. The number of anilines is 1. The van der Waals surface area contributed by atoms with Crippen molar-refractivity contribution >= 4 is 17.8 Å². The fourth-order valence-corrected chi connectivity index (χ4v) is 5.81. The van der Waals surface area contributed by atoms with Crippen molar-refractivity contribution in [2.75, 3.05) is 24.5 Å². The van der Waals surface area contributed by atoms with Crippen LogP contribution in [0.2, 0.25) is 0 Å². The Morgan fingerprint density at radius 1 is 1.15 bits per heavy atom. The zero-order valence-electron chi connectivity index (χ0n) is 20.4. The maximum atomic E-state index is 13.4. The van der Waals surface area contributed by atoms with Gasteiger partial charge in [0.25, 0.3) is 5.91 Å². The number of rotatable bonds is 9. The van der Waals surface area contributed by atoms with E-state index in [2.05, 4.69) is 35.3 Å². The summed E-state index contributed by atoms with van der Waals surface area (Å²) in [6, 6.07) is 11.9. The minimum Gasteiger partial charge on any atom is -0.459 e. The number of likely N-dealkylation sites (tertiary alicyclic amines) is 1. The van der Waals surface area contributed by atoms with Crippen molar-refractivity contribution in [3.63, 3.8) is 0 Å². The van der Waals surface area contributed by atoms with Gasteiger partial charge < -0.3 is 19.4 Å². The molecular formula is C28H38N3O3. The molecule has 0 atom stereocenters. The highest BCUT2D eigenvalue weighted by Gasteiger charge is 2.34. The number of nitrogens with zero attached hydrogens (tertiary/aromatic N) is 3. The molecule has 34 heavy (non-hydrogen) atoms. The third kappa shape index (κ3) is 6.09. The molecule has 6 nitrogen and oxygen atoms in total. The molecule has 6 heteroatoms. The van der Waals surface area contributed by atoms with E-state index < -0.39 is 0 Å². The van der Waals surface area contributed by atoms with Gasteiger partial charge in [0.05, 0.1) is 6.26 Å². The predicted molar refractivity (Wildman–Crippen MR) is 135 cm³/mol. The van der Waals surface area contributed by atoms with Crippen molar-refractivity contribution in [3.05, 3.63) is 54.0 Å². The average Bonchev–Trinajstić information content (AvgIpc) is 3.41. The maximum absolute atomic E-state index is 13.4. The van der Waals surface area contributed by atoms with Gasteiger partial charge in [0.1, 0.15) is 6.21 Å². The van der Waals surface area contributed by atoms with Crippen LogP contribution >= 0.6 is 0 Å². The van der Waals surface area contributed by atoms with Gasteiger partial charge in [0.2, 0.25) is 0 Å². The summed E-state index contributed by atoms with van der Waals surface area (Å²) in [5.41, 5.74) is 2.48. The topological polar surface area (TPSA) is 69.3 Å². The van der Waals surface area contributed by atoms with Crippen LogP contribution in [0.3, 0.4) is 0 Å². The van der Waals surface area contributed by atoms with E-state index in [4.69, 9.17) is 9.62 Å². The number of carbonyl (C=O) groups is 1. The van der Waals surface area contributed by atoms with Gasteiger partial charge in [-0.3, -0.25) is 4.79 Å². The Kier molecular flexibility index (Phi) is 8.44. The molecule has 2 aliphatic rings. The lowest BCUT2D eigenvalue weighted by atomic mass is 9.69. The van der Waals surface area contributed by atoms with Crippen molar-refractivity contribution < 1.29 is 14.4 Å². The van der Waals surface area contributed by atoms with Crippen LogP contribution in [0.15, 0.2) is 52.2 Å². The van der Waals surface area contributed by atoms with E-state index >= 15 is 0 Å². The van der Waals surface area contributed by atoms with E-state index in [9.17, 15) is 4.79 Å². The molecule has 4 rings (SSSR count). The van der Waals surface area contributed by atoms with Gasteiger partial charge in [-0.1, -0.05) is 42.1 Å². The molecule has 0 unspecified atom stereocenters. The van der Waals surface area contributed by atoms with Gasteiger partial charge in [0.15, 0.2) is 5.76 Å². The number of hydrogen-bond donors (Lipinski definition) is 1. The van der Waals surface area contributed by atoms with Crippen LogP contribution in [-0.2, 0) is 0 Å². The van der Waals surface area contributed by atoms with Gasteiger partial charge in [0, 0.05) is 24.8 Å². The molecule has 1 amide bonds. The Morgan fingerprint density at radius 2 is 1.88 bits per heavy atom. The standard InChI is InChI=1S/C28H38N3O3/c1-23-8-10-24(11-9-23)31(27(32)26-7-5-22-34-26)25-12-19-30(20-13-25)21-17-28(16-6-18-29-33)14-3-2-4-15-28/h5,7-11,22,25,33H,2-4,6,12-17,19-21H2,1H3. The normalized spacial score (nSPS) is 19.4. The van der Waals surface area contributed by atoms with Crippen molar-refractivity contribution in [1.82, 2.24) is 4.90 Å². The molecule has 2 aromatic rings. The maximum Gasteiger partial charge on any atom is 0.294 e. The molecule has 1 aliphatic carbocycles. The van der Waals surface area contributed by atoms with Crippen molar-refractivity contribution in [1.29, 1.82) is 0 Å². The molecule has 2 heterocycles. The van der Waals surface area contributed by atoms with Crippen LogP contribution in [-0.4, -0.2) is 47.9 Å². The summed E-state index contributed by atoms with van der Waals surface area (Å²) in [6.45, 7) is 5.16. The van der Waals surface area contributed by atoms with Crippen LogP contribution in [0.25, 0.3) is 0 Å². The summed E-state index contributed by atoms with van der Waals surface area (Å²) < 4.78 is 5.46. The summed E-state index contributed by atoms with van der Waals surface area (Å²) in [6.07, 6.45) is 15.7. The first-order valence-electron chi connectivity index (χ1n) is 12.8. The highest BCUT2D eigenvalue weighted by Crippen LogP contribution is 2.43. The number of hydrogen-bond acceptors (Lipinski definition) is 5. The summed E-state index contributed by atoms with van der Waals surface area (Å²) in [5, 5.41) is 11.8. The van der Waals surface area contributed by atoms with Crippen LogP contribution in [0, 0.1) is 12.3 Å². The molecule has 1 aromatic carbocycles. The quantitative estimate of drug-likeness (QED) is 0.274. The Balaban J connectivity index is 1.38. The summed E-state index contributed by atoms with van der Waals surface area (Å²) in [4.78, 5) is 17.9. The lowest BCUT2D eigenvalue weighted by Crippen LogP contribution is -2.48. The van der Waals surface area contributed by atoms with E-state index in [-0.39, 0.29) is 11.9 Å². The van der Waals surface area contributed by atoms with Crippen LogP contribution < -0.4 is 4.90 Å². The Hall–Kier alpha value is -2.60. The summed E-state index contributed by atoms with van der Waals surface area (Å²) in [5.74, 6) is 0.334. The zero-order valence-corrected chi connectivity index (χ0v) is 20.4. The van der Waals surface area contributed by atoms with Gasteiger partial charge in [-0.2, -0.15) is 0 Å². The van der Waals surface area contributed by atoms with Crippen molar-refractivity contribution in [2.24, 2.45) is 10.6 Å². The lowest BCUT2D eigenvalue weighted by molar-refractivity contribution is 0.0919. The second-order valence-electron chi connectivity index (χ2n) is 10.1. The van der Waals surface area contributed by atoms with E-state index in [0.717, 1.165) is 51.0 Å². The van der Waals surface area contributed by atoms with Gasteiger partial charge in [-0.15, -0.1) is 0 Å². The number of benzene rings is 1. The SMILES string of the molecule is Cc1ccc(N(C(=O)c2ccco2)C2CCN(CCC3(CC[C]=NO)CCCCC3)CC2)cc1. The molecule has 1 radical (unpaired) electrons. The first kappa shape index (κ1) is 24.5. The smallest absolute Gasteiger partial charge is 0.294 e. The van der Waals surface area contributed by atoms with E-state index in [1.807, 2.05) is 17.0 Å². The van der Waals surface area contributed by atoms with Crippen molar-refractivity contribution in [3.8, 4) is 0 Å². The summed E-state index contributed by atoms with van der Waals surface area (Å²) >= 11 is 0. The monoisotopic (exact) mass is 464 g/mol. The Morgan fingerprint density at radius 3 is 2.53 bits per heavy atom. The third-order valence-corrected chi connectivity index (χ3v) is 7.90. The van der Waals surface area contributed by atoms with Gasteiger partial charge in [-0.05, 0) is 88.1 Å². The van der Waals surface area contributed by atoms with E-state index in [1.165, 1.54) is 44.1 Å². The van der Waals surface area contributed by atoms with E-state index in [0.29, 0.717) is 11.2 Å². The van der Waals surface area contributed by atoms with Crippen LogP contribution in [0.4, 0.5) is 5.69 Å². The lowest BCUT2D eigenvalue weighted by Gasteiger charge is -2.41. The second-order valence-corrected chi connectivity index (χ2v) is 10.1. The molecule has 1 aromatic heterocycles. The Bertz CT molecular complexity index is 909. The number of carbonyl (C=O) groups excluding carboxylic acids is 1. The third-order valence-electron chi connectivity index (χ3n) is 7.90. The molecule has 183 valence electrons. The minimum absolute atomic E-state index is 0.0599.